The number of ketones is 1. The molecular formula is C35H43NO11. The molecule has 2 N–H and O–H groups in total. The number of nitrogens with one attached hydrogen (secondary N) is 1. The number of phenols is 1. The summed E-state index contributed by atoms with van der Waals surface area (Å²) >= 11 is 0. The third-order valence-corrected chi connectivity index (χ3v) is 8.07. The summed E-state index contributed by atoms with van der Waals surface area (Å²) in [4.78, 5) is 81.5. The van der Waals surface area contributed by atoms with Crippen LogP contribution in [0.25, 0.3) is 0 Å². The largest absolute Gasteiger partial charge is 0.508 e. The lowest BCUT2D eigenvalue weighted by Gasteiger charge is -2.30. The van der Waals surface area contributed by atoms with Crippen molar-refractivity contribution in [2.24, 2.45) is 17.3 Å². The van der Waals surface area contributed by atoms with Gasteiger partial charge in [0.05, 0.1) is 0 Å². The molecule has 254 valence electrons. The summed E-state index contributed by atoms with van der Waals surface area (Å²) < 4.78 is 22.5. The molecule has 0 unspecified atom stereocenters. The molecule has 2 aromatic rings. The van der Waals surface area contributed by atoms with Gasteiger partial charge in [0.15, 0.2) is 17.9 Å². The highest BCUT2D eigenvalue weighted by atomic mass is 16.6. The van der Waals surface area contributed by atoms with Crippen LogP contribution >= 0.6 is 0 Å². The topological polar surface area (TPSA) is 172 Å². The van der Waals surface area contributed by atoms with Crippen LogP contribution < -0.4 is 5.32 Å². The van der Waals surface area contributed by atoms with E-state index in [1.54, 1.807) is 58.0 Å². The van der Waals surface area contributed by atoms with E-state index < -0.39 is 83.3 Å². The summed E-state index contributed by atoms with van der Waals surface area (Å²) in [6.45, 7) is 10.5. The van der Waals surface area contributed by atoms with Crippen molar-refractivity contribution < 1.29 is 52.8 Å². The molecule has 0 aliphatic carbocycles. The number of carbonyl (C=O) groups excluding carboxylic acids is 6. The number of carbonyl (C=O) groups is 6. The molecule has 47 heavy (non-hydrogen) atoms. The average molecular weight is 654 g/mol. The highest BCUT2D eigenvalue weighted by Crippen LogP contribution is 2.28. The minimum atomic E-state index is -1.88. The maximum absolute atomic E-state index is 14.0. The van der Waals surface area contributed by atoms with Gasteiger partial charge in [0.2, 0.25) is 12.2 Å². The summed E-state index contributed by atoms with van der Waals surface area (Å²) in [6, 6.07) is 12.4. The quantitative estimate of drug-likeness (QED) is 0.254. The van der Waals surface area contributed by atoms with Crippen molar-refractivity contribution in [2.45, 2.75) is 91.8 Å². The fourth-order valence-corrected chi connectivity index (χ4v) is 4.81. The van der Waals surface area contributed by atoms with E-state index in [0.717, 1.165) is 0 Å². The van der Waals surface area contributed by atoms with Gasteiger partial charge in [-0.15, -0.1) is 0 Å². The highest BCUT2D eigenvalue weighted by molar-refractivity contribution is 6.06. The standard InChI is InChI=1S/C35H43NO11/c1-8-20(4)28-33(42)44-21(5)26(36-30(39)23-15-12-16-24(37)18-23)31(40)46-27(19(2)3)32(41)45-25(17-22-13-10-9-11-14-22)29(38)35(6,7)34(43)47-28/h9-16,18-21,25-28,37H,8,17H2,1-7H3,(H,36,39)/t20-,21+,25+,26-,27-,28-/m0/s1. The molecule has 1 aliphatic heterocycles. The Hall–Kier alpha value is -4.74. The zero-order valence-corrected chi connectivity index (χ0v) is 27.7. The van der Waals surface area contributed by atoms with Crippen molar-refractivity contribution in [1.29, 1.82) is 0 Å². The number of hydrogen-bond donors (Lipinski definition) is 2. The van der Waals surface area contributed by atoms with Gasteiger partial charge in [0.25, 0.3) is 5.91 Å². The predicted octanol–water partition coefficient (Wildman–Crippen LogP) is 3.71. The number of esters is 4. The molecule has 0 aromatic heterocycles. The van der Waals surface area contributed by atoms with E-state index in [2.05, 4.69) is 5.32 Å². The van der Waals surface area contributed by atoms with Crippen LogP contribution in [0.2, 0.25) is 0 Å². The molecule has 12 nitrogen and oxygen atoms in total. The third kappa shape index (κ3) is 9.17. The van der Waals surface area contributed by atoms with Crippen LogP contribution in [-0.4, -0.2) is 71.1 Å². The Bertz CT molecular complexity index is 1470. The van der Waals surface area contributed by atoms with E-state index in [4.69, 9.17) is 18.9 Å². The number of aromatic hydroxyl groups is 1. The van der Waals surface area contributed by atoms with Crippen LogP contribution in [0.15, 0.2) is 54.6 Å². The minimum Gasteiger partial charge on any atom is -0.508 e. The predicted molar refractivity (Wildman–Crippen MR) is 168 cm³/mol. The fourth-order valence-electron chi connectivity index (χ4n) is 4.81. The monoisotopic (exact) mass is 653 g/mol. The lowest BCUT2D eigenvalue weighted by molar-refractivity contribution is -0.183. The Balaban J connectivity index is 2.11. The van der Waals surface area contributed by atoms with Crippen LogP contribution in [0.4, 0.5) is 0 Å². The fraction of sp³-hybridized carbons (Fsp3) is 0.486. The molecular weight excluding hydrogens is 610 g/mol. The van der Waals surface area contributed by atoms with Crippen molar-refractivity contribution in [3.63, 3.8) is 0 Å². The van der Waals surface area contributed by atoms with Gasteiger partial charge in [-0.1, -0.05) is 64.1 Å². The molecule has 12 heteroatoms. The number of Topliss-reactive ketones (excluding diaryl/α,β-unsaturated/α-hetero) is 1. The van der Waals surface area contributed by atoms with Gasteiger partial charge in [-0.3, -0.25) is 14.4 Å². The molecule has 0 spiro atoms. The molecule has 1 aliphatic rings. The molecule has 0 saturated carbocycles. The summed E-state index contributed by atoms with van der Waals surface area (Å²) in [6.07, 6.45) is -5.64. The molecule has 1 saturated heterocycles. The van der Waals surface area contributed by atoms with E-state index in [1.165, 1.54) is 45.0 Å². The van der Waals surface area contributed by atoms with E-state index >= 15 is 0 Å². The van der Waals surface area contributed by atoms with Crippen LogP contribution in [0.5, 0.6) is 5.75 Å². The minimum absolute atomic E-state index is 0.0112. The van der Waals surface area contributed by atoms with Crippen LogP contribution in [0.3, 0.4) is 0 Å². The van der Waals surface area contributed by atoms with Gasteiger partial charge in [-0.05, 0) is 51.0 Å². The number of hydrogen-bond acceptors (Lipinski definition) is 11. The second-order valence-corrected chi connectivity index (χ2v) is 12.6. The Labute approximate surface area is 274 Å². The molecule has 1 amide bonds. The maximum Gasteiger partial charge on any atom is 0.348 e. The van der Waals surface area contributed by atoms with Crippen LogP contribution in [0, 0.1) is 17.3 Å². The molecule has 6 atom stereocenters. The van der Waals surface area contributed by atoms with Crippen molar-refractivity contribution in [1.82, 2.24) is 5.32 Å². The summed E-state index contributed by atoms with van der Waals surface area (Å²) in [7, 11) is 0. The summed E-state index contributed by atoms with van der Waals surface area (Å²) in [5.41, 5.74) is -1.26. The number of benzene rings is 2. The lowest BCUT2D eigenvalue weighted by atomic mass is 9.83. The maximum atomic E-state index is 14.0. The number of ether oxygens (including phenoxy) is 4. The summed E-state index contributed by atoms with van der Waals surface area (Å²) in [5, 5.41) is 12.3. The van der Waals surface area contributed by atoms with E-state index in [-0.39, 0.29) is 17.7 Å². The van der Waals surface area contributed by atoms with Gasteiger partial charge in [0.1, 0.15) is 17.3 Å². The zero-order chi connectivity index (χ0) is 35.1. The number of cyclic esters (lactones) is 4. The van der Waals surface area contributed by atoms with E-state index in [9.17, 15) is 33.9 Å². The molecule has 1 fully saturated rings. The van der Waals surface area contributed by atoms with Gasteiger partial charge in [-0.25, -0.2) is 14.4 Å². The zero-order valence-electron chi connectivity index (χ0n) is 27.7. The number of amides is 1. The highest BCUT2D eigenvalue weighted by Gasteiger charge is 2.47. The van der Waals surface area contributed by atoms with Gasteiger partial charge in [-0.2, -0.15) is 0 Å². The first-order valence-corrected chi connectivity index (χ1v) is 15.6. The van der Waals surface area contributed by atoms with E-state index in [0.29, 0.717) is 12.0 Å². The third-order valence-electron chi connectivity index (χ3n) is 8.07. The Morgan fingerprint density at radius 3 is 2.09 bits per heavy atom. The first-order valence-electron chi connectivity index (χ1n) is 15.6. The molecule has 1 heterocycles. The van der Waals surface area contributed by atoms with Crippen LogP contribution in [0.1, 0.15) is 70.8 Å². The molecule has 2 aromatic carbocycles. The van der Waals surface area contributed by atoms with Gasteiger partial charge >= 0.3 is 23.9 Å². The van der Waals surface area contributed by atoms with Gasteiger partial charge < -0.3 is 29.4 Å². The normalized spacial score (nSPS) is 24.9. The molecule has 0 radical (unpaired) electrons. The van der Waals surface area contributed by atoms with Crippen molar-refractivity contribution in [2.75, 3.05) is 0 Å². The second-order valence-electron chi connectivity index (χ2n) is 12.6. The second kappa shape index (κ2) is 15.7. The number of rotatable bonds is 7. The van der Waals surface area contributed by atoms with Crippen molar-refractivity contribution in [3.05, 3.63) is 65.7 Å². The van der Waals surface area contributed by atoms with Crippen LogP contribution in [-0.2, 0) is 49.3 Å². The van der Waals surface area contributed by atoms with E-state index in [1.807, 2.05) is 0 Å². The Morgan fingerprint density at radius 2 is 1.49 bits per heavy atom. The first kappa shape index (κ1) is 36.7. The Kier molecular flexibility index (Phi) is 12.3. The SMILES string of the molecule is CC[C@H](C)[C@@H]1OC(=O)C(C)(C)C(=O)[C@@H](Cc2ccccc2)OC(=O)[C@H](C(C)C)OC(=O)[C@@H](NC(=O)c2cccc(O)c2)[C@@H](C)OC1=O. The first-order chi connectivity index (χ1) is 22.1. The molecule has 3 rings (SSSR count). The van der Waals surface area contributed by atoms with Crippen molar-refractivity contribution in [3.8, 4) is 5.75 Å². The van der Waals surface area contributed by atoms with Crippen molar-refractivity contribution >= 4 is 35.6 Å². The molecule has 0 bridgehead atoms. The smallest absolute Gasteiger partial charge is 0.348 e. The summed E-state index contributed by atoms with van der Waals surface area (Å²) in [5.74, 6) is -7.28. The average Bonchev–Trinajstić information content (AvgIpc) is 3.03. The lowest BCUT2D eigenvalue weighted by Crippen LogP contribution is -2.52. The Morgan fingerprint density at radius 1 is 0.851 bits per heavy atom. The van der Waals surface area contributed by atoms with Gasteiger partial charge in [0, 0.05) is 23.8 Å². The number of phenolic OH excluding ortho intramolecular Hbond substituents is 1.